The monoisotopic (exact) mass is 118 g/mol. The molecule has 9 heavy (non-hydrogen) atoms. The van der Waals surface area contributed by atoms with E-state index in [9.17, 15) is 4.79 Å². The average molecular weight is 118 g/mol. The fourth-order valence-corrected chi connectivity index (χ4v) is 0.966. The normalized spacial score (nSPS) is 12.4. The largest absolute Gasteiger partial charge is 0.290 e. The molecule has 0 unspecified atom stereocenters. The maximum Gasteiger partial charge on any atom is 0.182 e. The Morgan fingerprint density at radius 2 is 2.00 bits per heavy atom. The smallest absolute Gasteiger partial charge is 0.182 e. The van der Waals surface area contributed by atoms with Crippen LogP contribution < -0.4 is 5.43 Å². The zero-order valence-corrected chi connectivity index (χ0v) is 4.92. The Balaban J connectivity index is 2.86. The molecule has 1 aliphatic rings. The molecule has 0 saturated heterocycles. The number of fused-ring (bicyclic) bond motifs is 1. The summed E-state index contributed by atoms with van der Waals surface area (Å²) in [4.78, 5) is 10.9. The summed E-state index contributed by atoms with van der Waals surface area (Å²) in [5.41, 5.74) is 2.40. The Kier molecular flexibility index (Phi) is 0.758. The molecule has 0 amide bonds. The van der Waals surface area contributed by atoms with Gasteiger partial charge in [0, 0.05) is 12.0 Å². The SMILES string of the molecule is O=c1ccccc2c1C2. The highest BCUT2D eigenvalue weighted by Crippen LogP contribution is 2.20. The first kappa shape index (κ1) is 4.74. The summed E-state index contributed by atoms with van der Waals surface area (Å²) in [6, 6.07) is 7.31. The van der Waals surface area contributed by atoms with E-state index in [1.54, 1.807) is 12.1 Å². The highest BCUT2D eigenvalue weighted by molar-refractivity contribution is 5.43. The molecule has 0 aliphatic heterocycles. The van der Waals surface area contributed by atoms with Crippen molar-refractivity contribution in [2.24, 2.45) is 0 Å². The fraction of sp³-hybridized carbons (Fsp3) is 0.125. The van der Waals surface area contributed by atoms with E-state index in [-0.39, 0.29) is 5.43 Å². The van der Waals surface area contributed by atoms with Crippen molar-refractivity contribution in [3.63, 3.8) is 0 Å². The van der Waals surface area contributed by atoms with Gasteiger partial charge in [0.2, 0.25) is 0 Å². The topological polar surface area (TPSA) is 17.1 Å². The lowest BCUT2D eigenvalue weighted by Crippen LogP contribution is -1.91. The van der Waals surface area contributed by atoms with E-state index >= 15 is 0 Å². The molecule has 1 heteroatoms. The van der Waals surface area contributed by atoms with Crippen LogP contribution >= 0.6 is 0 Å². The van der Waals surface area contributed by atoms with Crippen LogP contribution in [-0.2, 0) is 6.42 Å². The first-order chi connectivity index (χ1) is 4.38. The second kappa shape index (κ2) is 1.44. The molecule has 0 fully saturated rings. The van der Waals surface area contributed by atoms with E-state index in [0.717, 1.165) is 12.0 Å². The summed E-state index contributed by atoms with van der Waals surface area (Å²) in [6.07, 6.45) is 0.916. The molecule has 1 aromatic carbocycles. The van der Waals surface area contributed by atoms with E-state index in [4.69, 9.17) is 0 Å². The van der Waals surface area contributed by atoms with Gasteiger partial charge in [0.25, 0.3) is 0 Å². The summed E-state index contributed by atoms with van der Waals surface area (Å²) in [7, 11) is 0. The molecular weight excluding hydrogens is 112 g/mol. The molecule has 0 N–H and O–H groups in total. The molecule has 44 valence electrons. The fourth-order valence-electron chi connectivity index (χ4n) is 0.966. The number of rotatable bonds is 0. The highest BCUT2D eigenvalue weighted by Gasteiger charge is 2.16. The van der Waals surface area contributed by atoms with Crippen LogP contribution in [0.2, 0.25) is 0 Å². The van der Waals surface area contributed by atoms with Crippen LogP contribution in [0.3, 0.4) is 0 Å². The van der Waals surface area contributed by atoms with Crippen LogP contribution in [-0.4, -0.2) is 0 Å². The highest BCUT2D eigenvalue weighted by atomic mass is 16.1. The van der Waals surface area contributed by atoms with Crippen molar-refractivity contribution in [3.05, 3.63) is 45.6 Å². The predicted molar refractivity (Wildman–Crippen MR) is 35.5 cm³/mol. The third-order valence-corrected chi connectivity index (χ3v) is 1.58. The van der Waals surface area contributed by atoms with Gasteiger partial charge in [-0.2, -0.15) is 0 Å². The minimum atomic E-state index is 0.190. The summed E-state index contributed by atoms with van der Waals surface area (Å²) in [5.74, 6) is 0. The van der Waals surface area contributed by atoms with Gasteiger partial charge in [0.15, 0.2) is 5.43 Å². The van der Waals surface area contributed by atoms with Gasteiger partial charge in [-0.3, -0.25) is 4.79 Å². The van der Waals surface area contributed by atoms with Gasteiger partial charge in [-0.05, 0) is 11.6 Å². The van der Waals surface area contributed by atoms with Gasteiger partial charge in [0.1, 0.15) is 0 Å². The van der Waals surface area contributed by atoms with Gasteiger partial charge in [-0.15, -0.1) is 0 Å². The lowest BCUT2D eigenvalue weighted by Gasteiger charge is -1.62. The van der Waals surface area contributed by atoms with Gasteiger partial charge >= 0.3 is 0 Å². The third-order valence-electron chi connectivity index (χ3n) is 1.58. The van der Waals surface area contributed by atoms with Gasteiger partial charge in [0.05, 0.1) is 0 Å². The molecule has 1 aromatic rings. The molecule has 0 radical (unpaired) electrons. The molecule has 1 nitrogen and oxygen atoms in total. The van der Waals surface area contributed by atoms with Crippen LogP contribution in [0.25, 0.3) is 0 Å². The van der Waals surface area contributed by atoms with Crippen LogP contribution in [0.4, 0.5) is 0 Å². The third kappa shape index (κ3) is 0.653. The van der Waals surface area contributed by atoms with E-state index in [1.807, 2.05) is 12.1 Å². The van der Waals surface area contributed by atoms with Crippen molar-refractivity contribution in [2.45, 2.75) is 6.42 Å². The maximum atomic E-state index is 10.9. The van der Waals surface area contributed by atoms with Crippen molar-refractivity contribution >= 4 is 0 Å². The molecule has 0 bridgehead atoms. The van der Waals surface area contributed by atoms with Crippen LogP contribution in [0, 0.1) is 0 Å². The molecule has 1 aliphatic carbocycles. The number of hydrogen-bond acceptors (Lipinski definition) is 1. The zero-order valence-electron chi connectivity index (χ0n) is 4.92. The van der Waals surface area contributed by atoms with E-state index < -0.39 is 0 Å². The molecule has 0 atom stereocenters. The van der Waals surface area contributed by atoms with E-state index in [2.05, 4.69) is 0 Å². The molecule has 0 heterocycles. The lowest BCUT2D eigenvalue weighted by molar-refractivity contribution is 1.51. The maximum absolute atomic E-state index is 10.9. The summed E-state index contributed by atoms with van der Waals surface area (Å²) in [5, 5.41) is 0. The van der Waals surface area contributed by atoms with Crippen molar-refractivity contribution in [2.75, 3.05) is 0 Å². The van der Waals surface area contributed by atoms with E-state index in [1.165, 1.54) is 5.56 Å². The van der Waals surface area contributed by atoms with Crippen molar-refractivity contribution in [1.29, 1.82) is 0 Å². The summed E-state index contributed by atoms with van der Waals surface area (Å²) in [6.45, 7) is 0. The van der Waals surface area contributed by atoms with Gasteiger partial charge in [-0.25, -0.2) is 0 Å². The molecular formula is C8H6O. The predicted octanol–water partition coefficient (Wildman–Crippen LogP) is 0.951. The van der Waals surface area contributed by atoms with Gasteiger partial charge in [-0.1, -0.05) is 18.2 Å². The minimum Gasteiger partial charge on any atom is -0.290 e. The Morgan fingerprint density at radius 1 is 1.22 bits per heavy atom. The van der Waals surface area contributed by atoms with Crippen LogP contribution in [0.5, 0.6) is 0 Å². The van der Waals surface area contributed by atoms with Crippen LogP contribution in [0.15, 0.2) is 29.1 Å². The number of hydrogen-bond donors (Lipinski definition) is 0. The Labute approximate surface area is 53.0 Å². The Bertz CT molecular complexity index is 302. The van der Waals surface area contributed by atoms with E-state index in [0.29, 0.717) is 0 Å². The zero-order chi connectivity index (χ0) is 6.27. The standard InChI is InChI=1S/C8H6O/c9-8-4-2-1-3-6-5-7(6)8/h1-4H,5H2. The molecule has 2 rings (SSSR count). The van der Waals surface area contributed by atoms with Gasteiger partial charge < -0.3 is 0 Å². The lowest BCUT2D eigenvalue weighted by atomic mass is 10.4. The quantitative estimate of drug-likeness (QED) is 0.503. The van der Waals surface area contributed by atoms with Crippen molar-refractivity contribution < 1.29 is 0 Å². The second-order valence-corrected chi connectivity index (χ2v) is 2.26. The van der Waals surface area contributed by atoms with Crippen LogP contribution in [0.1, 0.15) is 11.1 Å². The first-order valence-corrected chi connectivity index (χ1v) is 2.99. The summed E-state index contributed by atoms with van der Waals surface area (Å²) >= 11 is 0. The Hall–Kier alpha value is -1.11. The first-order valence-electron chi connectivity index (χ1n) is 2.99. The molecule has 0 aromatic heterocycles. The second-order valence-electron chi connectivity index (χ2n) is 2.26. The summed E-state index contributed by atoms with van der Waals surface area (Å²) < 4.78 is 0. The van der Waals surface area contributed by atoms with Crippen molar-refractivity contribution in [1.82, 2.24) is 0 Å². The molecule has 0 spiro atoms. The minimum absolute atomic E-state index is 0.190. The Morgan fingerprint density at radius 3 is 2.89 bits per heavy atom. The molecule has 0 saturated carbocycles. The van der Waals surface area contributed by atoms with Crippen molar-refractivity contribution in [3.8, 4) is 0 Å². The average Bonchev–Trinajstić information content (AvgIpc) is 2.55.